The number of fused-ring (bicyclic) bond motifs is 1. The molecule has 1 atom stereocenters. The second kappa shape index (κ2) is 3.90. The number of carbonyl (C=O) groups excluding carboxylic acids is 1. The van der Waals surface area contributed by atoms with Gasteiger partial charge in [-0.15, -0.1) is 0 Å². The van der Waals surface area contributed by atoms with Crippen LogP contribution in [0.2, 0.25) is 0 Å². The van der Waals surface area contributed by atoms with Crippen molar-refractivity contribution in [2.45, 2.75) is 6.92 Å². The van der Waals surface area contributed by atoms with Gasteiger partial charge < -0.3 is 10.3 Å². The number of anilines is 1. The third kappa shape index (κ3) is 1.57. The Hall–Kier alpha value is -2.24. The van der Waals surface area contributed by atoms with Gasteiger partial charge in [0.05, 0.1) is 11.4 Å². The highest BCUT2D eigenvalue weighted by atomic mass is 16.6. The fraction of sp³-hybridized carbons (Fsp3) is 0.333. The van der Waals surface area contributed by atoms with E-state index >= 15 is 0 Å². The topological polar surface area (TPSA) is 87.3 Å². The van der Waals surface area contributed by atoms with Crippen LogP contribution in [0.15, 0.2) is 24.3 Å². The maximum atomic E-state index is 12.2. The standard InChI is InChI=1S/C12H13N3O3/c1-12(7-15(17)18)10(13)8-5-3-4-6-9(8)14(2)11(12)16/h3-6,13H,7H2,1-2H3/t12-/m1/s1. The molecular formula is C12H13N3O3. The Morgan fingerprint density at radius 1 is 1.44 bits per heavy atom. The Balaban J connectivity index is 2.58. The van der Waals surface area contributed by atoms with E-state index in [2.05, 4.69) is 0 Å². The molecular weight excluding hydrogens is 234 g/mol. The summed E-state index contributed by atoms with van der Waals surface area (Å²) in [6.45, 7) is 0.885. The van der Waals surface area contributed by atoms with E-state index in [1.165, 1.54) is 11.8 Å². The van der Waals surface area contributed by atoms with Crippen LogP contribution in [0.25, 0.3) is 0 Å². The van der Waals surface area contributed by atoms with Gasteiger partial charge in [-0.25, -0.2) is 0 Å². The molecule has 0 spiro atoms. The summed E-state index contributed by atoms with van der Waals surface area (Å²) in [5.74, 6) is -0.414. The fourth-order valence-electron chi connectivity index (χ4n) is 2.27. The largest absolute Gasteiger partial charge is 0.314 e. The highest BCUT2D eigenvalue weighted by molar-refractivity contribution is 6.25. The normalized spacial score (nSPS) is 22.9. The quantitative estimate of drug-likeness (QED) is 0.631. The Kier molecular flexibility index (Phi) is 2.65. The molecule has 0 radical (unpaired) electrons. The van der Waals surface area contributed by atoms with Crippen molar-refractivity contribution in [3.8, 4) is 0 Å². The molecule has 6 nitrogen and oxygen atoms in total. The lowest BCUT2D eigenvalue weighted by Gasteiger charge is -2.36. The average Bonchev–Trinajstić information content (AvgIpc) is 2.33. The summed E-state index contributed by atoms with van der Waals surface area (Å²) in [5, 5.41) is 18.8. The molecule has 0 fully saturated rings. The number of hydrogen-bond donors (Lipinski definition) is 1. The van der Waals surface area contributed by atoms with Gasteiger partial charge >= 0.3 is 0 Å². The molecule has 0 aliphatic carbocycles. The highest BCUT2D eigenvalue weighted by Crippen LogP contribution is 2.36. The molecule has 1 heterocycles. The van der Waals surface area contributed by atoms with E-state index < -0.39 is 22.8 Å². The minimum Gasteiger partial charge on any atom is -0.314 e. The van der Waals surface area contributed by atoms with Gasteiger partial charge in [0.15, 0.2) is 5.41 Å². The van der Waals surface area contributed by atoms with E-state index in [-0.39, 0.29) is 5.71 Å². The Labute approximate surface area is 104 Å². The van der Waals surface area contributed by atoms with Crippen molar-refractivity contribution in [1.82, 2.24) is 0 Å². The molecule has 1 aliphatic heterocycles. The number of benzene rings is 1. The highest BCUT2D eigenvalue weighted by Gasteiger charge is 2.49. The van der Waals surface area contributed by atoms with Crippen molar-refractivity contribution in [2.24, 2.45) is 5.41 Å². The maximum Gasteiger partial charge on any atom is 0.245 e. The first-order valence-corrected chi connectivity index (χ1v) is 5.46. The zero-order chi connectivity index (χ0) is 13.5. The molecule has 0 unspecified atom stereocenters. The van der Waals surface area contributed by atoms with Crippen LogP contribution in [0, 0.1) is 20.9 Å². The summed E-state index contributed by atoms with van der Waals surface area (Å²) in [7, 11) is 1.58. The Bertz CT molecular complexity index is 555. The van der Waals surface area contributed by atoms with Gasteiger partial charge in [0.2, 0.25) is 12.5 Å². The van der Waals surface area contributed by atoms with Crippen molar-refractivity contribution in [3.05, 3.63) is 39.9 Å². The molecule has 1 aliphatic rings. The molecule has 1 N–H and O–H groups in total. The molecule has 1 amide bonds. The van der Waals surface area contributed by atoms with E-state index in [0.717, 1.165) is 0 Å². The van der Waals surface area contributed by atoms with Gasteiger partial charge in [-0.2, -0.15) is 0 Å². The predicted molar refractivity (Wildman–Crippen MR) is 66.6 cm³/mol. The smallest absolute Gasteiger partial charge is 0.245 e. The number of para-hydroxylation sites is 1. The Morgan fingerprint density at radius 3 is 2.67 bits per heavy atom. The summed E-state index contributed by atoms with van der Waals surface area (Å²) < 4.78 is 0. The van der Waals surface area contributed by atoms with E-state index in [0.29, 0.717) is 11.3 Å². The molecule has 2 rings (SSSR count). The lowest BCUT2D eigenvalue weighted by Crippen LogP contribution is -2.53. The molecule has 6 heteroatoms. The number of carbonyl (C=O) groups is 1. The molecule has 0 aromatic heterocycles. The number of amides is 1. The van der Waals surface area contributed by atoms with Crippen molar-refractivity contribution < 1.29 is 9.72 Å². The van der Waals surface area contributed by atoms with Crippen molar-refractivity contribution in [3.63, 3.8) is 0 Å². The SMILES string of the molecule is CN1C(=O)[C@](C)(C[N+](=O)[O-])C(=N)c2ccccc21. The van der Waals surface area contributed by atoms with Crippen LogP contribution in [0.4, 0.5) is 5.69 Å². The van der Waals surface area contributed by atoms with Crippen LogP contribution >= 0.6 is 0 Å². The first kappa shape index (κ1) is 12.2. The number of nitrogens with one attached hydrogen (secondary N) is 1. The molecule has 1 aromatic rings. The summed E-state index contributed by atoms with van der Waals surface area (Å²) >= 11 is 0. The zero-order valence-corrected chi connectivity index (χ0v) is 10.1. The molecule has 0 saturated carbocycles. The van der Waals surface area contributed by atoms with E-state index in [1.807, 2.05) is 0 Å². The molecule has 0 saturated heterocycles. The summed E-state index contributed by atoms with van der Waals surface area (Å²) in [6.07, 6.45) is 0. The number of nitrogens with zero attached hydrogens (tertiary/aromatic N) is 2. The minimum absolute atomic E-state index is 0.0119. The average molecular weight is 247 g/mol. The van der Waals surface area contributed by atoms with E-state index in [4.69, 9.17) is 5.41 Å². The van der Waals surface area contributed by atoms with Crippen molar-refractivity contribution in [1.29, 1.82) is 5.41 Å². The first-order valence-electron chi connectivity index (χ1n) is 5.46. The van der Waals surface area contributed by atoms with Crippen molar-refractivity contribution in [2.75, 3.05) is 18.5 Å². The van der Waals surface area contributed by atoms with Gasteiger partial charge in [-0.1, -0.05) is 18.2 Å². The maximum absolute atomic E-state index is 12.2. The van der Waals surface area contributed by atoms with Crippen LogP contribution in [-0.4, -0.2) is 30.1 Å². The van der Waals surface area contributed by atoms with Gasteiger partial charge in [-0.3, -0.25) is 14.9 Å². The van der Waals surface area contributed by atoms with Crippen molar-refractivity contribution >= 4 is 17.3 Å². The van der Waals surface area contributed by atoms with Crippen LogP contribution in [0.3, 0.4) is 0 Å². The molecule has 1 aromatic carbocycles. The lowest BCUT2D eigenvalue weighted by molar-refractivity contribution is -0.488. The third-order valence-corrected chi connectivity index (χ3v) is 3.31. The van der Waals surface area contributed by atoms with Crippen LogP contribution in [0.1, 0.15) is 12.5 Å². The number of hydrogen-bond acceptors (Lipinski definition) is 4. The summed E-state index contributed by atoms with van der Waals surface area (Å²) in [6, 6.07) is 6.96. The summed E-state index contributed by atoms with van der Waals surface area (Å²) in [5.41, 5.74) is -0.192. The molecule has 0 bridgehead atoms. The molecule has 18 heavy (non-hydrogen) atoms. The number of rotatable bonds is 2. The van der Waals surface area contributed by atoms with Crippen LogP contribution in [0.5, 0.6) is 0 Å². The fourth-order valence-corrected chi connectivity index (χ4v) is 2.27. The third-order valence-electron chi connectivity index (χ3n) is 3.31. The monoisotopic (exact) mass is 247 g/mol. The van der Waals surface area contributed by atoms with E-state index in [1.54, 1.807) is 31.3 Å². The molecule has 94 valence electrons. The van der Waals surface area contributed by atoms with Gasteiger partial charge in [-0.05, 0) is 13.0 Å². The summed E-state index contributed by atoms with van der Waals surface area (Å²) in [4.78, 5) is 23.8. The van der Waals surface area contributed by atoms with Gasteiger partial charge in [0.25, 0.3) is 0 Å². The predicted octanol–water partition coefficient (Wildman–Crippen LogP) is 1.31. The van der Waals surface area contributed by atoms with Crippen LogP contribution < -0.4 is 4.90 Å². The lowest BCUT2D eigenvalue weighted by atomic mass is 9.76. The first-order chi connectivity index (χ1) is 8.38. The number of nitro groups is 1. The minimum atomic E-state index is -1.40. The Morgan fingerprint density at radius 2 is 2.06 bits per heavy atom. The zero-order valence-electron chi connectivity index (χ0n) is 10.1. The van der Waals surface area contributed by atoms with E-state index in [9.17, 15) is 14.9 Å². The van der Waals surface area contributed by atoms with Gasteiger partial charge in [0, 0.05) is 17.5 Å². The second-order valence-electron chi connectivity index (χ2n) is 4.58. The second-order valence-corrected chi connectivity index (χ2v) is 4.58. The van der Waals surface area contributed by atoms with Crippen LogP contribution in [-0.2, 0) is 4.79 Å². The van der Waals surface area contributed by atoms with Gasteiger partial charge in [0.1, 0.15) is 0 Å².